The summed E-state index contributed by atoms with van der Waals surface area (Å²) in [6.45, 7) is 4.81. The van der Waals surface area contributed by atoms with Crippen molar-refractivity contribution in [3.8, 4) is 0 Å². The van der Waals surface area contributed by atoms with Gasteiger partial charge >= 0.3 is 39.5 Å². The molecule has 0 heterocycles. The maximum Gasteiger partial charge on any atom is 0.472 e. The van der Waals surface area contributed by atoms with Gasteiger partial charge in [0, 0.05) is 25.7 Å². The van der Waals surface area contributed by atoms with Crippen molar-refractivity contribution in [2.45, 2.75) is 373 Å². The summed E-state index contributed by atoms with van der Waals surface area (Å²) >= 11 is 0. The van der Waals surface area contributed by atoms with Gasteiger partial charge in [-0.25, -0.2) is 9.13 Å². The van der Waals surface area contributed by atoms with Crippen molar-refractivity contribution in [3.05, 3.63) is 0 Å². The molecule has 516 valence electrons. The minimum atomic E-state index is -4.95. The van der Waals surface area contributed by atoms with Crippen LogP contribution in [0, 0.1) is 0 Å². The second kappa shape index (κ2) is 62.8. The first kappa shape index (κ1) is 85.1. The first-order valence-corrected chi connectivity index (χ1v) is 38.8. The Labute approximate surface area is 530 Å². The summed E-state index contributed by atoms with van der Waals surface area (Å²) in [6.07, 6.45) is 50.5. The molecule has 0 rings (SSSR count). The maximum absolute atomic E-state index is 13.0. The molecule has 19 heteroatoms. The Hall–Kier alpha value is -1.94. The van der Waals surface area contributed by atoms with Crippen LogP contribution in [0.25, 0.3) is 0 Å². The van der Waals surface area contributed by atoms with E-state index in [4.69, 9.17) is 37.0 Å². The molecule has 0 saturated heterocycles. The second-order valence-corrected chi connectivity index (χ2v) is 27.5. The molecule has 0 fully saturated rings. The molecule has 5 atom stereocenters. The fourth-order valence-corrected chi connectivity index (χ4v) is 11.9. The summed E-state index contributed by atoms with van der Waals surface area (Å²) in [5, 5.41) is 10.5. The lowest BCUT2D eigenvalue weighted by Crippen LogP contribution is -2.30. The number of carbonyl (C=O) groups excluding carboxylic acids is 4. The lowest BCUT2D eigenvalue weighted by molar-refractivity contribution is -0.161. The molecule has 17 nitrogen and oxygen atoms in total. The molecule has 0 aromatic heterocycles. The largest absolute Gasteiger partial charge is 0.472 e. The van der Waals surface area contributed by atoms with Gasteiger partial charge in [-0.15, -0.1) is 0 Å². The summed E-state index contributed by atoms with van der Waals surface area (Å²) in [7, 11) is -9.88. The number of phosphoric ester groups is 2. The van der Waals surface area contributed by atoms with Gasteiger partial charge in [-0.2, -0.15) is 0 Å². The Morgan fingerprint density at radius 1 is 0.276 bits per heavy atom. The average molecular weight is 1280 g/mol. The van der Waals surface area contributed by atoms with Crippen molar-refractivity contribution in [1.29, 1.82) is 0 Å². The highest BCUT2D eigenvalue weighted by Gasteiger charge is 2.30. The van der Waals surface area contributed by atoms with E-state index in [1.54, 1.807) is 0 Å². The number of rotatable bonds is 69. The smallest absolute Gasteiger partial charge is 0.462 e. The molecule has 0 aliphatic rings. The Kier molecular flexibility index (Phi) is 61.4. The highest BCUT2D eigenvalue weighted by molar-refractivity contribution is 7.47. The third-order valence-electron chi connectivity index (χ3n) is 15.9. The maximum atomic E-state index is 13.0. The van der Waals surface area contributed by atoms with Gasteiger partial charge in [0.25, 0.3) is 0 Å². The van der Waals surface area contributed by atoms with Gasteiger partial charge in [-0.1, -0.05) is 304 Å². The summed E-state index contributed by atoms with van der Waals surface area (Å²) in [4.78, 5) is 72.0. The Morgan fingerprint density at radius 3 is 0.678 bits per heavy atom. The number of ether oxygens (including phenoxy) is 4. The zero-order chi connectivity index (χ0) is 64.0. The molecular weight excluding hydrogens is 1150 g/mol. The monoisotopic (exact) mass is 1280 g/mol. The van der Waals surface area contributed by atoms with Crippen molar-refractivity contribution in [1.82, 2.24) is 0 Å². The van der Waals surface area contributed by atoms with E-state index < -0.39 is 97.5 Å². The highest BCUT2D eigenvalue weighted by Crippen LogP contribution is 2.45. The van der Waals surface area contributed by atoms with Crippen molar-refractivity contribution < 1.29 is 80.2 Å². The van der Waals surface area contributed by atoms with Gasteiger partial charge in [0.2, 0.25) is 0 Å². The summed E-state index contributed by atoms with van der Waals surface area (Å²) < 4.78 is 67.9. The van der Waals surface area contributed by atoms with Crippen LogP contribution in [-0.2, 0) is 65.4 Å². The van der Waals surface area contributed by atoms with Crippen LogP contribution in [0.15, 0.2) is 0 Å². The fraction of sp³-hybridized carbons (Fsp3) is 0.941. The molecule has 2 unspecified atom stereocenters. The normalized spacial score (nSPS) is 14.1. The number of aliphatic hydroxyl groups excluding tert-OH is 1. The predicted octanol–water partition coefficient (Wildman–Crippen LogP) is 19.5. The first-order valence-electron chi connectivity index (χ1n) is 35.8. The number of esters is 4. The molecule has 0 amide bonds. The van der Waals surface area contributed by atoms with Crippen LogP contribution >= 0.6 is 15.6 Å². The van der Waals surface area contributed by atoms with E-state index in [2.05, 4.69) is 27.7 Å². The van der Waals surface area contributed by atoms with Crippen molar-refractivity contribution in [3.63, 3.8) is 0 Å². The third kappa shape index (κ3) is 62.6. The quantitative estimate of drug-likeness (QED) is 0.0222. The number of hydrogen-bond acceptors (Lipinski definition) is 15. The van der Waals surface area contributed by atoms with E-state index in [0.717, 1.165) is 103 Å². The molecular formula is C68H132O17P2. The lowest BCUT2D eigenvalue weighted by atomic mass is 10.0. The van der Waals surface area contributed by atoms with Gasteiger partial charge in [-0.3, -0.25) is 37.3 Å². The van der Waals surface area contributed by atoms with Crippen LogP contribution in [-0.4, -0.2) is 96.7 Å². The van der Waals surface area contributed by atoms with E-state index in [1.165, 1.54) is 173 Å². The number of carbonyl (C=O) groups is 4. The standard InChI is InChI=1S/C68H132O17P2/c1-5-9-13-17-20-23-25-27-29-30-31-32-33-34-36-38-40-43-47-51-55-68(73)85-64(59-79-66(71)53-49-45-42-39-37-35-28-26-24-21-18-14-10-6-2)61-83-87(76,77)81-57-62(69)56-80-86(74,75)82-60-63(58-78-65(70)52-48-44-16-12-8-4)84-67(72)54-50-46-41-22-19-15-11-7-3/h62-64,69H,5-61H2,1-4H3,(H,74,75)(H,76,77)/t62-,63+,64+/m0/s1. The number of aliphatic hydroxyl groups is 1. The Morgan fingerprint density at radius 2 is 0.460 bits per heavy atom. The highest BCUT2D eigenvalue weighted by atomic mass is 31.2. The molecule has 0 aromatic carbocycles. The molecule has 0 radical (unpaired) electrons. The van der Waals surface area contributed by atoms with Crippen LogP contribution < -0.4 is 0 Å². The fourth-order valence-electron chi connectivity index (χ4n) is 10.3. The number of phosphoric acid groups is 2. The molecule has 3 N–H and O–H groups in total. The molecule has 0 spiro atoms. The molecule has 0 bridgehead atoms. The third-order valence-corrected chi connectivity index (χ3v) is 17.8. The van der Waals surface area contributed by atoms with E-state index in [0.29, 0.717) is 25.7 Å². The topological polar surface area (TPSA) is 237 Å². The van der Waals surface area contributed by atoms with Crippen LogP contribution in [0.3, 0.4) is 0 Å². The SMILES string of the molecule is CCCCCCCCCCCCCCCCCCCCCCC(=O)O[C@H](COC(=O)CCCCCCCCCCCCCCCC)COP(=O)(O)OC[C@@H](O)COP(=O)(O)OC[C@@H](COC(=O)CCCCCCC)OC(=O)CCCCCCCCCC. The minimum absolute atomic E-state index is 0.104. The molecule has 87 heavy (non-hydrogen) atoms. The van der Waals surface area contributed by atoms with Crippen molar-refractivity contribution in [2.24, 2.45) is 0 Å². The minimum Gasteiger partial charge on any atom is -0.462 e. The number of hydrogen-bond donors (Lipinski definition) is 3. The average Bonchev–Trinajstić information content (AvgIpc) is 3.66. The zero-order valence-electron chi connectivity index (χ0n) is 56.0. The lowest BCUT2D eigenvalue weighted by Gasteiger charge is -2.21. The van der Waals surface area contributed by atoms with Gasteiger partial charge in [0.15, 0.2) is 12.2 Å². The van der Waals surface area contributed by atoms with Crippen LogP contribution in [0.1, 0.15) is 355 Å². The van der Waals surface area contributed by atoms with Crippen LogP contribution in [0.5, 0.6) is 0 Å². The Bertz CT molecular complexity index is 1670. The van der Waals surface area contributed by atoms with Crippen LogP contribution in [0.2, 0.25) is 0 Å². The summed E-state index contributed by atoms with van der Waals surface area (Å²) in [6, 6.07) is 0. The second-order valence-electron chi connectivity index (χ2n) is 24.6. The molecule has 0 aromatic rings. The molecule has 0 saturated carbocycles. The van der Waals surface area contributed by atoms with Gasteiger partial charge in [-0.05, 0) is 25.7 Å². The van der Waals surface area contributed by atoms with Gasteiger partial charge in [0.05, 0.1) is 26.4 Å². The van der Waals surface area contributed by atoms with E-state index >= 15 is 0 Å². The van der Waals surface area contributed by atoms with E-state index in [-0.39, 0.29) is 25.7 Å². The van der Waals surface area contributed by atoms with E-state index in [1.807, 2.05) is 0 Å². The van der Waals surface area contributed by atoms with Crippen molar-refractivity contribution in [2.75, 3.05) is 39.6 Å². The predicted molar refractivity (Wildman–Crippen MR) is 349 cm³/mol. The molecule has 0 aliphatic heterocycles. The number of unbranched alkanes of at least 4 members (excludes halogenated alkanes) is 43. The van der Waals surface area contributed by atoms with Gasteiger partial charge in [0.1, 0.15) is 19.3 Å². The zero-order valence-corrected chi connectivity index (χ0v) is 57.8. The van der Waals surface area contributed by atoms with Crippen LogP contribution in [0.4, 0.5) is 0 Å². The Balaban J connectivity index is 5.10. The van der Waals surface area contributed by atoms with E-state index in [9.17, 15) is 43.2 Å². The summed E-state index contributed by atoms with van der Waals surface area (Å²) in [5.74, 6) is -2.14. The molecule has 0 aliphatic carbocycles. The van der Waals surface area contributed by atoms with Crippen molar-refractivity contribution >= 4 is 39.5 Å². The summed E-state index contributed by atoms with van der Waals surface area (Å²) in [5.41, 5.74) is 0. The first-order chi connectivity index (χ1) is 42.2. The van der Waals surface area contributed by atoms with Gasteiger partial charge < -0.3 is 33.8 Å².